The number of carbonyl (C=O) groups is 2. The van der Waals surface area contributed by atoms with Crippen LogP contribution in [0.5, 0.6) is 0 Å². The Morgan fingerprint density at radius 1 is 1.18 bits per heavy atom. The number of amides is 2. The van der Waals surface area contributed by atoms with Gasteiger partial charge in [-0.25, -0.2) is 9.97 Å². The van der Waals surface area contributed by atoms with Crippen LogP contribution in [-0.2, 0) is 11.8 Å². The maximum atomic E-state index is 12.9. The summed E-state index contributed by atoms with van der Waals surface area (Å²) in [5.74, 6) is -0.357. The number of nitrogens with zero attached hydrogens (tertiary/aromatic N) is 6. The van der Waals surface area contributed by atoms with Crippen molar-refractivity contribution in [2.75, 3.05) is 29.6 Å². The molecule has 1 aliphatic heterocycles. The predicted molar refractivity (Wildman–Crippen MR) is 128 cm³/mol. The number of carbonyl (C=O) groups excluding carboxylic acids is 2. The van der Waals surface area contributed by atoms with Crippen LogP contribution in [0.25, 0.3) is 11.3 Å². The number of hydrogen-bond acceptors (Lipinski definition) is 8. The molecule has 11 heteroatoms. The summed E-state index contributed by atoms with van der Waals surface area (Å²) in [4.78, 5) is 37.5. The predicted octanol–water partition coefficient (Wildman–Crippen LogP) is 2.54. The third-order valence-electron chi connectivity index (χ3n) is 6.26. The fourth-order valence-electron chi connectivity index (χ4n) is 4.16. The molecule has 1 fully saturated rings. The van der Waals surface area contributed by atoms with Crippen LogP contribution in [0.4, 0.5) is 23.0 Å². The molecule has 1 aliphatic carbocycles. The summed E-state index contributed by atoms with van der Waals surface area (Å²) in [6.07, 6.45) is 4.58. The molecule has 0 saturated heterocycles. The van der Waals surface area contributed by atoms with E-state index >= 15 is 0 Å². The largest absolute Gasteiger partial charge is 0.363 e. The van der Waals surface area contributed by atoms with Gasteiger partial charge in [0.25, 0.3) is 5.91 Å². The number of anilines is 4. The van der Waals surface area contributed by atoms with Gasteiger partial charge in [-0.3, -0.25) is 9.59 Å². The maximum Gasteiger partial charge on any atom is 0.254 e. The van der Waals surface area contributed by atoms with Crippen LogP contribution in [0.3, 0.4) is 0 Å². The topological polar surface area (TPSA) is 130 Å². The van der Waals surface area contributed by atoms with E-state index in [4.69, 9.17) is 4.11 Å². The van der Waals surface area contributed by atoms with Gasteiger partial charge in [0.15, 0.2) is 5.82 Å². The van der Waals surface area contributed by atoms with E-state index in [0.29, 0.717) is 5.82 Å². The van der Waals surface area contributed by atoms with Gasteiger partial charge in [-0.2, -0.15) is 15.0 Å². The Morgan fingerprint density at radius 3 is 2.71 bits per heavy atom. The number of nitrogens with one attached hydrogen (secondary N) is 3. The molecular weight excluding hydrogens is 434 g/mol. The lowest BCUT2D eigenvalue weighted by atomic mass is 9.95. The summed E-state index contributed by atoms with van der Waals surface area (Å²) < 4.78 is 22.3. The monoisotopic (exact) mass is 464 g/mol. The molecule has 0 radical (unpaired) electrons. The van der Waals surface area contributed by atoms with Gasteiger partial charge in [0, 0.05) is 55.1 Å². The lowest BCUT2D eigenvalue weighted by molar-refractivity contribution is -0.117. The molecule has 34 heavy (non-hydrogen) atoms. The van der Waals surface area contributed by atoms with Crippen molar-refractivity contribution in [2.24, 2.45) is 13.0 Å². The van der Waals surface area contributed by atoms with E-state index in [0.717, 1.165) is 41.0 Å². The van der Waals surface area contributed by atoms with Crippen molar-refractivity contribution >= 4 is 34.8 Å². The maximum absolute atomic E-state index is 12.9. The van der Waals surface area contributed by atoms with Gasteiger partial charge in [0.2, 0.25) is 5.91 Å². The normalized spacial score (nSPS) is 18.2. The molecule has 2 aliphatic rings. The Balaban J connectivity index is 1.59. The Kier molecular flexibility index (Phi) is 4.38. The number of aryl methyl sites for hydroxylation is 2. The van der Waals surface area contributed by atoms with Gasteiger partial charge < -0.3 is 20.9 Å². The van der Waals surface area contributed by atoms with E-state index in [9.17, 15) is 9.59 Å². The van der Waals surface area contributed by atoms with Gasteiger partial charge in [0.05, 0.1) is 23.0 Å². The van der Waals surface area contributed by atoms with Gasteiger partial charge >= 0.3 is 0 Å². The highest BCUT2D eigenvalue weighted by Crippen LogP contribution is 2.47. The molecule has 0 spiro atoms. The summed E-state index contributed by atoms with van der Waals surface area (Å²) >= 11 is 0. The molecule has 1 atom stereocenters. The van der Waals surface area contributed by atoms with Gasteiger partial charge in [-0.15, -0.1) is 0 Å². The Labute approximate surface area is 201 Å². The van der Waals surface area contributed by atoms with E-state index < -0.39 is 12.9 Å². The quantitative estimate of drug-likeness (QED) is 0.525. The smallest absolute Gasteiger partial charge is 0.254 e. The zero-order chi connectivity index (χ0) is 26.6. The van der Waals surface area contributed by atoms with Crippen molar-refractivity contribution in [3.8, 4) is 11.3 Å². The van der Waals surface area contributed by atoms with Crippen molar-refractivity contribution in [1.82, 2.24) is 30.3 Å². The SMILES string of the molecule is [2H]C([2H])([2H])NC(=O)c1cnc(NC(=O)C2CC2)cc1Nc1ncc(C)c2c1N(C)[C@H](C)c1nn(C)nc1-2. The minimum Gasteiger partial charge on any atom is -0.363 e. The van der Waals surface area contributed by atoms with E-state index in [1.165, 1.54) is 17.1 Å². The van der Waals surface area contributed by atoms with Crippen LogP contribution in [0.1, 0.15) is 51.5 Å². The summed E-state index contributed by atoms with van der Waals surface area (Å²) in [5, 5.41) is 17.1. The molecule has 4 heterocycles. The summed E-state index contributed by atoms with van der Waals surface area (Å²) in [6, 6.07) is 1.40. The Bertz CT molecular complexity index is 1420. The first-order valence-corrected chi connectivity index (χ1v) is 11.0. The first kappa shape index (κ1) is 18.4. The van der Waals surface area contributed by atoms with Gasteiger partial charge in [-0.1, -0.05) is 0 Å². The fraction of sp³-hybridized carbons (Fsp3) is 0.391. The highest BCUT2D eigenvalue weighted by Gasteiger charge is 2.34. The molecule has 3 N–H and O–H groups in total. The molecule has 2 amide bonds. The minimum atomic E-state index is -2.69. The molecule has 0 bridgehead atoms. The van der Waals surface area contributed by atoms with Crippen LogP contribution in [0, 0.1) is 12.8 Å². The van der Waals surface area contributed by atoms with Gasteiger partial charge in [-0.05, 0) is 32.3 Å². The van der Waals surface area contributed by atoms with Crippen LogP contribution in [0.15, 0.2) is 18.5 Å². The van der Waals surface area contributed by atoms with Crippen molar-refractivity contribution in [1.29, 1.82) is 0 Å². The molecule has 0 unspecified atom stereocenters. The number of fused-ring (bicyclic) bond motifs is 3. The zero-order valence-corrected chi connectivity index (χ0v) is 19.3. The van der Waals surface area contributed by atoms with E-state index in [1.807, 2.05) is 31.1 Å². The summed E-state index contributed by atoms with van der Waals surface area (Å²) in [5.41, 5.74) is 4.32. The molecule has 11 nitrogen and oxygen atoms in total. The summed E-state index contributed by atoms with van der Waals surface area (Å²) in [7, 11) is 3.69. The molecule has 1 saturated carbocycles. The number of pyridine rings is 2. The standard InChI is InChI=1S/C23H27N9O2/c1-11-9-26-21(20-17(11)19-18(12(2)31(20)4)29-32(5)30-19)27-15-8-16(28-22(33)13-6-7-13)25-10-14(15)23(34)24-3/h8-10,12-13H,6-7H2,1-5H3,(H,24,34)(H2,25,26,27,28,33)/t12-/m1/s1/i3D3. The second-order valence-electron chi connectivity index (χ2n) is 8.68. The average molecular weight is 465 g/mol. The second-order valence-corrected chi connectivity index (χ2v) is 8.68. The lowest BCUT2D eigenvalue weighted by Gasteiger charge is -2.34. The van der Waals surface area contributed by atoms with Crippen molar-refractivity contribution in [2.45, 2.75) is 32.7 Å². The highest BCUT2D eigenvalue weighted by atomic mass is 16.2. The van der Waals surface area contributed by atoms with Crippen LogP contribution in [-0.4, -0.2) is 50.8 Å². The number of aromatic nitrogens is 5. The van der Waals surface area contributed by atoms with Gasteiger partial charge in [0.1, 0.15) is 17.2 Å². The fourth-order valence-corrected chi connectivity index (χ4v) is 4.16. The summed E-state index contributed by atoms with van der Waals surface area (Å²) in [6.45, 7) is 1.26. The number of hydrogen-bond donors (Lipinski definition) is 3. The zero-order valence-electron chi connectivity index (χ0n) is 22.3. The third-order valence-corrected chi connectivity index (χ3v) is 6.26. The second kappa shape index (κ2) is 8.08. The number of rotatable bonds is 5. The highest BCUT2D eigenvalue weighted by molar-refractivity contribution is 6.02. The first-order chi connectivity index (χ1) is 17.4. The molecule has 3 aromatic rings. The average Bonchev–Trinajstić information content (AvgIpc) is 3.59. The Morgan fingerprint density at radius 2 is 1.97 bits per heavy atom. The molecule has 0 aromatic carbocycles. The van der Waals surface area contributed by atoms with Crippen LogP contribution < -0.4 is 20.9 Å². The minimum absolute atomic E-state index is 0.0108. The van der Waals surface area contributed by atoms with Crippen molar-refractivity contribution in [3.05, 3.63) is 35.3 Å². The van der Waals surface area contributed by atoms with Crippen LogP contribution >= 0.6 is 0 Å². The molecule has 176 valence electrons. The van der Waals surface area contributed by atoms with Crippen LogP contribution in [0.2, 0.25) is 0 Å². The van der Waals surface area contributed by atoms with E-state index in [-0.39, 0.29) is 34.9 Å². The molecule has 3 aromatic heterocycles. The lowest BCUT2D eigenvalue weighted by Crippen LogP contribution is -2.28. The molecule has 5 rings (SSSR count). The Hall–Kier alpha value is -4.02. The van der Waals surface area contributed by atoms with E-state index in [1.54, 1.807) is 13.2 Å². The first-order valence-electron chi connectivity index (χ1n) is 12.5. The van der Waals surface area contributed by atoms with Crippen molar-refractivity contribution < 1.29 is 13.7 Å². The van der Waals surface area contributed by atoms with Crippen molar-refractivity contribution in [3.63, 3.8) is 0 Å². The third kappa shape index (κ3) is 3.62. The molecular formula is C23H27N9O2. The van der Waals surface area contributed by atoms with E-state index in [2.05, 4.69) is 30.8 Å².